The number of rotatable bonds is 16. The van der Waals surface area contributed by atoms with Gasteiger partial charge in [0.15, 0.2) is 0 Å². The fourth-order valence-electron chi connectivity index (χ4n) is 6.77. The molecule has 4 aromatic carbocycles. The van der Waals surface area contributed by atoms with Crippen LogP contribution in [-0.2, 0) is 29.1 Å². The number of piperazine rings is 1. The minimum atomic E-state index is -5.08. The first-order valence-corrected chi connectivity index (χ1v) is 25.1. The van der Waals surface area contributed by atoms with Crippen LogP contribution in [0.2, 0.25) is 5.02 Å². The zero-order chi connectivity index (χ0) is 57.9. The quantitative estimate of drug-likeness (QED) is 0.0304. The van der Waals surface area contributed by atoms with Crippen LogP contribution >= 0.6 is 23.4 Å². The van der Waals surface area contributed by atoms with E-state index in [0.29, 0.717) is 25.4 Å². The number of carbonyl (C=O) groups excluding carboxylic acids is 1. The van der Waals surface area contributed by atoms with Crippen LogP contribution in [0.5, 0.6) is 0 Å². The average molecular weight is 1160 g/mol. The van der Waals surface area contributed by atoms with E-state index in [-0.39, 0.29) is 22.2 Å². The van der Waals surface area contributed by atoms with Crippen LogP contribution in [0, 0.1) is 10.1 Å². The molecule has 6 rings (SSSR count). The summed E-state index contributed by atoms with van der Waals surface area (Å²) < 4.78 is 130. The molecular formula is C47H50ClF9N6O12S2. The highest BCUT2D eigenvalue weighted by Gasteiger charge is 2.39. The van der Waals surface area contributed by atoms with Gasteiger partial charge in [-0.15, -0.1) is 11.8 Å². The number of alkyl halides is 9. The number of hydrogen-bond acceptors (Lipinski definition) is 14. The highest BCUT2D eigenvalue weighted by atomic mass is 35.5. The molecule has 422 valence electrons. The van der Waals surface area contributed by atoms with E-state index in [1.165, 1.54) is 28.8 Å². The Kier molecular flexibility index (Phi) is 24.5. The summed E-state index contributed by atoms with van der Waals surface area (Å²) in [6.45, 7) is 6.17. The second-order valence-corrected chi connectivity index (χ2v) is 19.8. The summed E-state index contributed by atoms with van der Waals surface area (Å²) in [5, 5.41) is 37.5. The van der Waals surface area contributed by atoms with Gasteiger partial charge in [-0.3, -0.25) is 19.8 Å². The molecular weight excluding hydrogens is 1110 g/mol. The van der Waals surface area contributed by atoms with Crippen molar-refractivity contribution in [3.05, 3.63) is 129 Å². The topological polar surface area (TPSA) is 249 Å². The van der Waals surface area contributed by atoms with Gasteiger partial charge in [-0.25, -0.2) is 27.5 Å². The molecule has 0 spiro atoms. The van der Waals surface area contributed by atoms with Crippen molar-refractivity contribution in [2.24, 2.45) is 0 Å². The summed E-state index contributed by atoms with van der Waals surface area (Å²) >= 11 is 7.75. The number of aliphatic carboxylic acids is 3. The Balaban J connectivity index is 0.000000624. The molecule has 0 saturated carbocycles. The van der Waals surface area contributed by atoms with Crippen LogP contribution in [0.3, 0.4) is 0 Å². The second-order valence-electron chi connectivity index (χ2n) is 16.5. The number of halogens is 10. The van der Waals surface area contributed by atoms with Gasteiger partial charge in [0.05, 0.1) is 23.0 Å². The van der Waals surface area contributed by atoms with E-state index in [1.807, 2.05) is 61.5 Å². The Morgan fingerprint density at radius 3 is 1.83 bits per heavy atom. The summed E-state index contributed by atoms with van der Waals surface area (Å²) in [7, 11) is -0.509. The fraction of sp³-hybridized carbons (Fsp3) is 0.362. The summed E-state index contributed by atoms with van der Waals surface area (Å²) in [5.74, 6) is -8.46. The first-order chi connectivity index (χ1) is 35.8. The van der Waals surface area contributed by atoms with E-state index in [9.17, 15) is 62.8 Å². The van der Waals surface area contributed by atoms with Gasteiger partial charge >= 0.3 is 36.4 Å². The number of carboxylic acids is 3. The molecule has 0 bridgehead atoms. The maximum atomic E-state index is 13.4. The lowest BCUT2D eigenvalue weighted by Gasteiger charge is -2.37. The van der Waals surface area contributed by atoms with Crippen LogP contribution in [0.1, 0.15) is 28.8 Å². The van der Waals surface area contributed by atoms with E-state index in [1.54, 1.807) is 36.0 Å². The first kappa shape index (κ1) is 64.6. The van der Waals surface area contributed by atoms with Crippen molar-refractivity contribution in [3.8, 4) is 0 Å². The van der Waals surface area contributed by atoms with E-state index >= 15 is 0 Å². The number of thioether (sulfide) groups is 1. The highest BCUT2D eigenvalue weighted by molar-refractivity contribution is 7.99. The van der Waals surface area contributed by atoms with Gasteiger partial charge in [0.25, 0.3) is 21.6 Å². The monoisotopic (exact) mass is 1160 g/mol. The third-order valence-corrected chi connectivity index (χ3v) is 13.3. The van der Waals surface area contributed by atoms with Gasteiger partial charge in [-0.05, 0) is 111 Å². The van der Waals surface area contributed by atoms with Gasteiger partial charge in [-0.1, -0.05) is 41.9 Å². The normalized spacial score (nSPS) is 14.6. The molecule has 2 aliphatic heterocycles. The Morgan fingerprint density at radius 2 is 1.34 bits per heavy atom. The number of carbonyl (C=O) groups is 4. The van der Waals surface area contributed by atoms with Crippen LogP contribution in [0.15, 0.2) is 112 Å². The predicted octanol–water partition coefficient (Wildman–Crippen LogP) is 8.79. The maximum Gasteiger partial charge on any atom is 0.490 e. The predicted molar refractivity (Wildman–Crippen MR) is 265 cm³/mol. The van der Waals surface area contributed by atoms with E-state index in [2.05, 4.69) is 32.0 Å². The molecule has 0 aromatic heterocycles. The molecule has 0 aliphatic carbocycles. The molecule has 1 saturated heterocycles. The number of sulfonamides is 1. The second kappa shape index (κ2) is 29.2. The average Bonchev–Trinajstić information content (AvgIpc) is 3.35. The third-order valence-electron chi connectivity index (χ3n) is 10.6. The fourth-order valence-corrected chi connectivity index (χ4v) is 8.88. The minimum Gasteiger partial charge on any atom is -0.475 e. The van der Waals surface area contributed by atoms with Crippen molar-refractivity contribution >= 4 is 79.8 Å². The van der Waals surface area contributed by atoms with Gasteiger partial charge in [0.2, 0.25) is 0 Å². The third kappa shape index (κ3) is 22.5. The lowest BCUT2D eigenvalue weighted by molar-refractivity contribution is -0.384. The number of nitrogens with one attached hydrogen (secondary N) is 2. The number of amides is 1. The standard InChI is InChI=1S/C41H47ClN6O6S2.3C2HF3O2/c1-45(2)20-18-34(29-55-36-6-4-3-5-7-36)43-39-17-16-37(26-40(39)48(50)51)56(52,53)44-41(49)31-10-14-35(15-11-31)47-23-21-46(22-24-47)27-32-28-54-25-19-38(32)30-8-12-33(42)13-9-30;3*3-2(4,5)1(6)7/h3-17,26,34,43H,18-25,27-29H2,1-2H3,(H,44,49);3*(H,6,7)/t34-;;;/m1.../s1. The molecule has 1 amide bonds. The zero-order valence-corrected chi connectivity index (χ0v) is 42.9. The number of benzene rings is 4. The molecule has 30 heteroatoms. The summed E-state index contributed by atoms with van der Waals surface area (Å²) in [6, 6.07) is 28.2. The number of nitro benzene ring substituents is 1. The number of carboxylic acid groups (broad SMARTS) is 3. The van der Waals surface area contributed by atoms with Crippen molar-refractivity contribution in [2.75, 3.05) is 82.5 Å². The van der Waals surface area contributed by atoms with Crippen molar-refractivity contribution in [1.29, 1.82) is 0 Å². The van der Waals surface area contributed by atoms with Gasteiger partial charge in [0.1, 0.15) is 5.69 Å². The van der Waals surface area contributed by atoms with Crippen LogP contribution in [-0.4, -0.2) is 159 Å². The Labute approximate surface area is 443 Å². The van der Waals surface area contributed by atoms with E-state index < -0.39 is 63.0 Å². The molecule has 1 fully saturated rings. The van der Waals surface area contributed by atoms with Crippen LogP contribution in [0.4, 0.5) is 56.6 Å². The number of nitro groups is 1. The molecule has 0 radical (unpaired) electrons. The van der Waals surface area contributed by atoms with Crippen molar-refractivity contribution < 1.29 is 92.1 Å². The molecule has 18 nitrogen and oxygen atoms in total. The van der Waals surface area contributed by atoms with Gasteiger partial charge < -0.3 is 35.2 Å². The molecule has 77 heavy (non-hydrogen) atoms. The van der Waals surface area contributed by atoms with E-state index in [0.717, 1.165) is 67.4 Å². The number of anilines is 2. The molecule has 4 aromatic rings. The largest absolute Gasteiger partial charge is 0.490 e. The maximum absolute atomic E-state index is 13.4. The smallest absolute Gasteiger partial charge is 0.475 e. The van der Waals surface area contributed by atoms with Crippen molar-refractivity contribution in [1.82, 2.24) is 14.5 Å². The van der Waals surface area contributed by atoms with E-state index in [4.69, 9.17) is 46.0 Å². The summed E-state index contributed by atoms with van der Waals surface area (Å²) in [4.78, 5) is 58.8. The number of ether oxygens (including phenoxy) is 1. The molecule has 5 N–H and O–H groups in total. The number of hydrogen-bond donors (Lipinski definition) is 5. The molecule has 1 atom stereocenters. The number of nitrogens with zero attached hydrogens (tertiary/aromatic N) is 4. The van der Waals surface area contributed by atoms with Crippen LogP contribution < -0.4 is 14.9 Å². The Hall–Kier alpha value is -6.66. The molecule has 2 aliphatic rings. The minimum absolute atomic E-state index is 0.140. The summed E-state index contributed by atoms with van der Waals surface area (Å²) in [6.07, 6.45) is -13.7. The zero-order valence-electron chi connectivity index (χ0n) is 40.5. The lowest BCUT2D eigenvalue weighted by Crippen LogP contribution is -2.47. The lowest BCUT2D eigenvalue weighted by atomic mass is 9.95. The van der Waals surface area contributed by atoms with Gasteiger partial charge in [0, 0.05) is 71.8 Å². The van der Waals surface area contributed by atoms with Gasteiger partial charge in [-0.2, -0.15) is 39.5 Å². The van der Waals surface area contributed by atoms with Crippen molar-refractivity contribution in [2.45, 2.75) is 47.2 Å². The SMILES string of the molecule is CN(C)CC[C@H](CSc1ccccc1)Nc1ccc(S(=O)(=O)NC(=O)c2ccc(N3CCN(CC4=C(c5ccc(Cl)cc5)CCOC4)CC3)cc2)cc1[N+](=O)[O-].O=C(O)C(F)(F)F.O=C(O)C(F)(F)F.O=C(O)C(F)(F)F. The van der Waals surface area contributed by atoms with Crippen LogP contribution in [0.25, 0.3) is 5.57 Å². The molecule has 0 unspecified atom stereocenters. The van der Waals surface area contributed by atoms with Crippen molar-refractivity contribution in [3.63, 3.8) is 0 Å². The Morgan fingerprint density at radius 1 is 0.805 bits per heavy atom. The highest BCUT2D eigenvalue weighted by Crippen LogP contribution is 2.32. The Bertz CT molecular complexity index is 2710. The molecule has 2 heterocycles. The summed E-state index contributed by atoms with van der Waals surface area (Å²) in [5.41, 5.74) is 4.69. The first-order valence-electron chi connectivity index (χ1n) is 22.3.